The van der Waals surface area contributed by atoms with Gasteiger partial charge in [-0.1, -0.05) is 27.2 Å². The summed E-state index contributed by atoms with van der Waals surface area (Å²) in [6, 6.07) is -5.99. The Bertz CT molecular complexity index is 2460. The third-order valence-electron chi connectivity index (χ3n) is 12.3. The monoisotopic (exact) mass is 1050 g/mol. The SMILES string of the molecule is CC[C@H](C)[C@@H]1NC(=O)CNC(=O)[C@@H]2Cc3c([nH]c4cc(O)ccc34)S(=O)C[C@@H](NC(=O)CNC1=O)C(=O)N[C@@H](CC(N)=O)C(=O)N1C[C@H](O)C[C@H]1C(=O)N[C@@H]([C@@H](C)[C@@H](O)CO)C(=O)N2.O=C([O-])CCCC(=O)[O-]. The lowest BCUT2D eigenvalue weighted by Gasteiger charge is -2.32. The fourth-order valence-electron chi connectivity index (χ4n) is 8.08. The number of benzene rings is 1. The van der Waals surface area contributed by atoms with Crippen molar-refractivity contribution in [2.75, 3.05) is 32.0 Å². The molecule has 0 saturated carbocycles. The van der Waals surface area contributed by atoms with Gasteiger partial charge in [-0.05, 0) is 42.9 Å². The minimum atomic E-state index is -2.38. The normalized spacial score (nSPS) is 26.1. The molecule has 3 aliphatic heterocycles. The van der Waals surface area contributed by atoms with Gasteiger partial charge in [0, 0.05) is 48.7 Å². The second kappa shape index (κ2) is 26.5. The van der Waals surface area contributed by atoms with Crippen molar-refractivity contribution in [3.05, 3.63) is 23.8 Å². The minimum absolute atomic E-state index is 0.0800. The number of rotatable bonds is 11. The quantitative estimate of drug-likeness (QED) is 0.0994. The zero-order chi connectivity index (χ0) is 54.4. The predicted molar refractivity (Wildman–Crippen MR) is 246 cm³/mol. The summed E-state index contributed by atoms with van der Waals surface area (Å²) < 4.78 is 14.6. The molecule has 1 aromatic heterocycles. The summed E-state index contributed by atoms with van der Waals surface area (Å²) in [6.45, 7) is 1.76. The minimum Gasteiger partial charge on any atom is -0.550 e. The number of hydrogen-bond acceptors (Lipinski definition) is 18. The fourth-order valence-corrected chi connectivity index (χ4v) is 9.47. The highest BCUT2D eigenvalue weighted by Crippen LogP contribution is 2.30. The number of nitrogens with zero attached hydrogens (tertiary/aromatic N) is 1. The Morgan fingerprint density at radius 2 is 1.47 bits per heavy atom. The summed E-state index contributed by atoms with van der Waals surface area (Å²) in [7, 11) is -2.38. The Morgan fingerprint density at radius 1 is 0.836 bits per heavy atom. The largest absolute Gasteiger partial charge is 0.550 e. The van der Waals surface area contributed by atoms with Gasteiger partial charge in [-0.2, -0.15) is 0 Å². The molecule has 0 aliphatic carbocycles. The van der Waals surface area contributed by atoms with Crippen molar-refractivity contribution in [3.63, 3.8) is 0 Å². The van der Waals surface area contributed by atoms with E-state index in [1.807, 2.05) is 0 Å². The maximum atomic E-state index is 14.6. The van der Waals surface area contributed by atoms with Crippen molar-refractivity contribution in [2.45, 2.75) is 119 Å². The number of primary amides is 1. The van der Waals surface area contributed by atoms with E-state index in [0.29, 0.717) is 6.42 Å². The number of fused-ring (bicyclic) bond motifs is 5. The van der Waals surface area contributed by atoms with Crippen LogP contribution in [0.2, 0.25) is 0 Å². The molecule has 5 rings (SSSR count). The summed E-state index contributed by atoms with van der Waals surface area (Å²) in [6.07, 6.45) is -4.76. The highest BCUT2D eigenvalue weighted by Gasteiger charge is 2.45. The number of phenolic OH excluding ortho intramolecular Hbond substituents is 1. The van der Waals surface area contributed by atoms with E-state index < -0.39 is 187 Å². The molecule has 1 fully saturated rings. The van der Waals surface area contributed by atoms with Crippen molar-refractivity contribution in [2.24, 2.45) is 17.6 Å². The van der Waals surface area contributed by atoms with Crippen LogP contribution in [0.1, 0.15) is 64.9 Å². The lowest BCUT2D eigenvalue weighted by molar-refractivity contribution is -0.308. The summed E-state index contributed by atoms with van der Waals surface area (Å²) in [5.74, 6) is -14.5. The average molecular weight is 1050 g/mol. The highest BCUT2D eigenvalue weighted by atomic mass is 32.2. The molecule has 1 aromatic carbocycles. The average Bonchev–Trinajstić information content (AvgIpc) is 3.90. The van der Waals surface area contributed by atoms with Crippen molar-refractivity contribution in [1.29, 1.82) is 0 Å². The third-order valence-corrected chi connectivity index (χ3v) is 13.7. The summed E-state index contributed by atoms with van der Waals surface area (Å²) in [5.41, 5.74) is 5.73. The summed E-state index contributed by atoms with van der Waals surface area (Å²) in [5, 5.41) is 78.1. The van der Waals surface area contributed by atoms with Crippen LogP contribution < -0.4 is 53.2 Å². The van der Waals surface area contributed by atoms with E-state index in [0.717, 1.165) is 4.90 Å². The lowest BCUT2D eigenvalue weighted by atomic mass is 9.93. The van der Waals surface area contributed by atoms with E-state index in [-0.39, 0.29) is 46.5 Å². The number of carbonyl (C=O) groups is 11. The predicted octanol–water partition coefficient (Wildman–Crippen LogP) is -8.26. The fraction of sp³-hybridized carbons (Fsp3) is 0.568. The number of carboxylic acids is 2. The Morgan fingerprint density at radius 3 is 2.07 bits per heavy atom. The van der Waals surface area contributed by atoms with Gasteiger partial charge in [0.25, 0.3) is 0 Å². The van der Waals surface area contributed by atoms with Crippen molar-refractivity contribution >= 4 is 86.8 Å². The zero-order valence-electron chi connectivity index (χ0n) is 39.9. The Kier molecular flexibility index (Phi) is 21.1. The topological polar surface area (TPSA) is 461 Å². The number of H-pyrrole nitrogens is 1. The first kappa shape index (κ1) is 58.3. The molecule has 0 radical (unpaired) electrons. The van der Waals surface area contributed by atoms with Crippen LogP contribution in [0, 0.1) is 11.8 Å². The van der Waals surface area contributed by atoms with Gasteiger partial charge in [0.1, 0.15) is 47.0 Å². The smallest absolute Gasteiger partial charge is 0.246 e. The molecule has 402 valence electrons. The summed E-state index contributed by atoms with van der Waals surface area (Å²) >= 11 is 0. The number of phenols is 1. The number of aromatic nitrogens is 1. The van der Waals surface area contributed by atoms with Gasteiger partial charge in [0.05, 0.1) is 60.4 Å². The number of nitrogens with two attached hydrogens (primary N) is 1. The van der Waals surface area contributed by atoms with E-state index in [1.165, 1.54) is 25.1 Å². The third kappa shape index (κ3) is 16.1. The number of aliphatic hydroxyl groups excluding tert-OH is 3. The number of nitrogens with one attached hydrogen (secondary N) is 8. The van der Waals surface area contributed by atoms with Gasteiger partial charge in [0.2, 0.25) is 53.2 Å². The van der Waals surface area contributed by atoms with Crippen LogP contribution >= 0.6 is 0 Å². The maximum absolute atomic E-state index is 14.6. The molecule has 0 spiro atoms. The van der Waals surface area contributed by atoms with E-state index in [4.69, 9.17) is 5.73 Å². The van der Waals surface area contributed by atoms with E-state index in [2.05, 4.69) is 42.2 Å². The molecule has 3 aliphatic rings. The molecule has 73 heavy (non-hydrogen) atoms. The molecular formula is C44H60N10O18S-2. The standard InChI is InChI=1S/C39H54N10O14S.C5H8O4/c1-4-16(2)31-36(60)42-11-29(55)43-25-15-64(63)38-21(20-6-5-18(51)7-22(20)46-38)9-23(33(57)41-12-30(56)47-31)44-37(61)32(17(3)27(53)14-50)48-35(59)26-8-19(52)13-49(26)39(62)24(10-28(40)54)45-34(25)58;6-4(7)2-1-3-5(8)9/h5-7,16-17,19,23-27,31-32,46,50-53H,4,8-15H2,1-3H3,(H2,40,54)(H,41,57)(H,42,60)(H,43,55)(H,44,61)(H,45,58)(H,47,56)(H,48,59);1-3H2,(H,6,7)(H,8,9)/p-2/t16-,17-,19+,23-,24-,25+,26-,27-,31-,32-,64?;/m0./s1. The molecule has 2 bridgehead atoms. The van der Waals surface area contributed by atoms with Gasteiger partial charge in [-0.15, -0.1) is 0 Å². The Labute approximate surface area is 418 Å². The van der Waals surface area contributed by atoms with Crippen LogP contribution in [0.4, 0.5) is 0 Å². The van der Waals surface area contributed by atoms with Gasteiger partial charge in [-0.3, -0.25) is 47.4 Å². The van der Waals surface area contributed by atoms with E-state index >= 15 is 0 Å². The van der Waals surface area contributed by atoms with Crippen molar-refractivity contribution in [3.8, 4) is 5.75 Å². The molecule has 9 amide bonds. The molecule has 1 unspecified atom stereocenters. The van der Waals surface area contributed by atoms with E-state index in [1.54, 1.807) is 13.8 Å². The van der Waals surface area contributed by atoms with Gasteiger partial charge < -0.3 is 93.1 Å². The lowest BCUT2D eigenvalue weighted by Crippen LogP contribution is -2.62. The van der Waals surface area contributed by atoms with Crippen LogP contribution in [0.5, 0.6) is 5.75 Å². The van der Waals surface area contributed by atoms with Crippen molar-refractivity contribution in [1.82, 2.24) is 47.1 Å². The van der Waals surface area contributed by atoms with Crippen LogP contribution in [-0.2, 0) is 70.0 Å². The highest BCUT2D eigenvalue weighted by molar-refractivity contribution is 7.85. The Hall–Kier alpha value is -7.24. The number of aliphatic hydroxyl groups is 3. The molecule has 29 heteroatoms. The van der Waals surface area contributed by atoms with E-state index in [9.17, 15) is 87.6 Å². The number of carboxylic acid groups (broad SMARTS) is 2. The van der Waals surface area contributed by atoms with Crippen LogP contribution in [-0.4, -0.2) is 180 Å². The van der Waals surface area contributed by atoms with Crippen LogP contribution in [0.15, 0.2) is 23.2 Å². The molecular weight excluding hydrogens is 989 g/mol. The molecule has 11 atom stereocenters. The second-order valence-corrected chi connectivity index (χ2v) is 19.2. The van der Waals surface area contributed by atoms with Gasteiger partial charge in [0.15, 0.2) is 0 Å². The number of carbonyl (C=O) groups excluding carboxylic acids is 11. The summed E-state index contributed by atoms with van der Waals surface area (Å²) in [4.78, 5) is 147. The molecule has 14 N–H and O–H groups in total. The number of hydrogen-bond donors (Lipinski definition) is 13. The number of aliphatic carboxylic acids is 2. The Balaban J connectivity index is 0.00000117. The molecule has 2 aromatic rings. The van der Waals surface area contributed by atoms with Crippen LogP contribution in [0.25, 0.3) is 10.9 Å². The first-order valence-electron chi connectivity index (χ1n) is 23.1. The number of aromatic hydroxyl groups is 1. The zero-order valence-corrected chi connectivity index (χ0v) is 40.7. The molecule has 1 saturated heterocycles. The molecule has 4 heterocycles. The molecule has 28 nitrogen and oxygen atoms in total. The van der Waals surface area contributed by atoms with Crippen LogP contribution in [0.3, 0.4) is 0 Å². The maximum Gasteiger partial charge on any atom is 0.246 e. The number of aromatic amines is 1. The number of amides is 9. The van der Waals surface area contributed by atoms with Gasteiger partial charge >= 0.3 is 0 Å². The second-order valence-electron chi connectivity index (χ2n) is 17.7. The van der Waals surface area contributed by atoms with Crippen molar-refractivity contribution < 1.29 is 87.6 Å². The first-order chi connectivity index (χ1) is 34.3. The van der Waals surface area contributed by atoms with Gasteiger partial charge in [-0.25, -0.2) is 0 Å². The first-order valence-corrected chi connectivity index (χ1v) is 24.4.